The van der Waals surface area contributed by atoms with Crippen LogP contribution in [-0.4, -0.2) is 40.8 Å². The minimum Gasteiger partial charge on any atom is -0.507 e. The molecular weight excluding hydrogens is 444 g/mol. The van der Waals surface area contributed by atoms with E-state index in [-0.39, 0.29) is 23.4 Å². The maximum Gasteiger partial charge on any atom is 0.296 e. The molecule has 1 aliphatic heterocycles. The van der Waals surface area contributed by atoms with Gasteiger partial charge in [-0.05, 0) is 35.9 Å². The van der Waals surface area contributed by atoms with E-state index in [9.17, 15) is 24.8 Å². The number of aliphatic hydroxyl groups is 1. The minimum absolute atomic E-state index is 0.0757. The van der Waals surface area contributed by atoms with Gasteiger partial charge in [0.1, 0.15) is 11.5 Å². The van der Waals surface area contributed by atoms with Crippen molar-refractivity contribution in [1.82, 2.24) is 4.90 Å². The van der Waals surface area contributed by atoms with Gasteiger partial charge in [-0.3, -0.25) is 19.7 Å². The molecule has 1 fully saturated rings. The monoisotopic (exact) mass is 464 g/mol. The highest BCUT2D eigenvalue weighted by atomic mass is 16.6. The van der Waals surface area contributed by atoms with Crippen LogP contribution < -0.4 is 9.47 Å². The molecular formula is C24H20N2O8. The Morgan fingerprint density at radius 2 is 1.85 bits per heavy atom. The molecule has 1 amide bonds. The molecule has 1 N–H and O–H groups in total. The van der Waals surface area contributed by atoms with Gasteiger partial charge in [0.25, 0.3) is 17.4 Å². The van der Waals surface area contributed by atoms with Gasteiger partial charge >= 0.3 is 0 Å². The predicted octanol–water partition coefficient (Wildman–Crippen LogP) is 3.83. The molecule has 0 spiro atoms. The molecule has 0 bridgehead atoms. The van der Waals surface area contributed by atoms with Crippen molar-refractivity contribution in [3.8, 4) is 11.5 Å². The van der Waals surface area contributed by atoms with Gasteiger partial charge in [0, 0.05) is 17.7 Å². The molecule has 10 nitrogen and oxygen atoms in total. The van der Waals surface area contributed by atoms with Gasteiger partial charge in [0.15, 0.2) is 11.5 Å². The van der Waals surface area contributed by atoms with Crippen LogP contribution in [-0.2, 0) is 16.1 Å². The van der Waals surface area contributed by atoms with E-state index in [2.05, 4.69) is 0 Å². The Kier molecular flexibility index (Phi) is 6.05. The number of ketones is 1. The summed E-state index contributed by atoms with van der Waals surface area (Å²) in [5.41, 5.74) is 0.0857. The van der Waals surface area contributed by atoms with Crippen LogP contribution >= 0.6 is 0 Å². The van der Waals surface area contributed by atoms with Crippen LogP contribution in [0.2, 0.25) is 0 Å². The second-order valence-corrected chi connectivity index (χ2v) is 7.43. The number of nitrogens with zero attached hydrogens (tertiary/aromatic N) is 2. The van der Waals surface area contributed by atoms with Gasteiger partial charge in [-0.2, -0.15) is 0 Å². The summed E-state index contributed by atoms with van der Waals surface area (Å²) in [5.74, 6) is -1.11. The summed E-state index contributed by atoms with van der Waals surface area (Å²) in [6, 6.07) is 12.3. The van der Waals surface area contributed by atoms with Crippen LogP contribution in [0.5, 0.6) is 11.5 Å². The van der Waals surface area contributed by atoms with Crippen molar-refractivity contribution < 1.29 is 33.5 Å². The smallest absolute Gasteiger partial charge is 0.296 e. The van der Waals surface area contributed by atoms with E-state index in [1.165, 1.54) is 55.7 Å². The van der Waals surface area contributed by atoms with Crippen molar-refractivity contribution >= 4 is 23.1 Å². The summed E-state index contributed by atoms with van der Waals surface area (Å²) in [6.45, 7) is -0.0757. The zero-order chi connectivity index (χ0) is 24.4. The molecule has 2 aromatic carbocycles. The molecule has 34 heavy (non-hydrogen) atoms. The Morgan fingerprint density at radius 3 is 2.50 bits per heavy atom. The van der Waals surface area contributed by atoms with Crippen molar-refractivity contribution in [3.05, 3.63) is 93.4 Å². The third-order valence-corrected chi connectivity index (χ3v) is 5.50. The first-order chi connectivity index (χ1) is 16.3. The van der Waals surface area contributed by atoms with E-state index in [0.29, 0.717) is 22.8 Å². The molecule has 0 saturated carbocycles. The Labute approximate surface area is 193 Å². The highest BCUT2D eigenvalue weighted by Gasteiger charge is 2.46. The van der Waals surface area contributed by atoms with Crippen molar-refractivity contribution in [1.29, 1.82) is 0 Å². The van der Waals surface area contributed by atoms with Crippen molar-refractivity contribution in [3.63, 3.8) is 0 Å². The van der Waals surface area contributed by atoms with Crippen LogP contribution in [0.4, 0.5) is 5.69 Å². The first-order valence-electron chi connectivity index (χ1n) is 10.1. The van der Waals surface area contributed by atoms with E-state index in [1.54, 1.807) is 24.3 Å². The second kappa shape index (κ2) is 9.10. The maximum absolute atomic E-state index is 13.1. The molecule has 1 aliphatic rings. The van der Waals surface area contributed by atoms with E-state index in [1.807, 2.05) is 0 Å². The summed E-state index contributed by atoms with van der Waals surface area (Å²) in [6.07, 6.45) is 1.43. The summed E-state index contributed by atoms with van der Waals surface area (Å²) >= 11 is 0. The number of methoxy groups -OCH3 is 2. The van der Waals surface area contributed by atoms with Gasteiger partial charge in [0.05, 0.1) is 43.6 Å². The Bertz CT molecular complexity index is 1300. The number of amides is 1. The van der Waals surface area contributed by atoms with Crippen LogP contribution in [0.1, 0.15) is 22.9 Å². The molecule has 2 heterocycles. The number of benzene rings is 2. The van der Waals surface area contributed by atoms with E-state index < -0.39 is 28.4 Å². The fourth-order valence-corrected chi connectivity index (χ4v) is 3.91. The number of carbonyl (C=O) groups is 2. The lowest BCUT2D eigenvalue weighted by atomic mass is 9.95. The lowest BCUT2D eigenvalue weighted by molar-refractivity contribution is -0.384. The Hall–Kier alpha value is -4.60. The number of nitro benzene ring substituents is 1. The van der Waals surface area contributed by atoms with E-state index in [0.717, 1.165) is 0 Å². The average Bonchev–Trinajstić information content (AvgIpc) is 3.45. The molecule has 174 valence electrons. The third kappa shape index (κ3) is 3.96. The number of nitro groups is 1. The second-order valence-electron chi connectivity index (χ2n) is 7.43. The molecule has 10 heteroatoms. The highest BCUT2D eigenvalue weighted by Crippen LogP contribution is 2.42. The Balaban J connectivity index is 1.90. The first-order valence-corrected chi connectivity index (χ1v) is 10.1. The number of Topliss-reactive ketones (excluding diaryl/α,β-unsaturated/α-hetero) is 1. The quantitative estimate of drug-likeness (QED) is 0.183. The number of hydrogen-bond donors (Lipinski definition) is 1. The van der Waals surface area contributed by atoms with Gasteiger partial charge in [-0.15, -0.1) is 0 Å². The first kappa shape index (κ1) is 22.6. The molecule has 3 aromatic rings. The number of ether oxygens (including phenoxy) is 2. The number of rotatable bonds is 7. The topological polar surface area (TPSA) is 132 Å². The molecule has 0 radical (unpaired) electrons. The maximum atomic E-state index is 13.1. The SMILES string of the molecule is COc1ccc(/C(O)=C2/C(=O)C(=O)N(Cc3ccco3)C2c2cccc([N+](=O)[O-])c2)cc1OC. The van der Waals surface area contributed by atoms with Crippen molar-refractivity contribution in [2.45, 2.75) is 12.6 Å². The molecule has 4 rings (SSSR count). The Morgan fingerprint density at radius 1 is 1.09 bits per heavy atom. The lowest BCUT2D eigenvalue weighted by Crippen LogP contribution is -2.29. The zero-order valence-electron chi connectivity index (χ0n) is 18.3. The van der Waals surface area contributed by atoms with Crippen LogP contribution in [0.15, 0.2) is 70.9 Å². The van der Waals surface area contributed by atoms with Gasteiger partial charge in [0.2, 0.25) is 0 Å². The normalized spacial score (nSPS) is 17.1. The third-order valence-electron chi connectivity index (χ3n) is 5.50. The minimum atomic E-state index is -1.09. The van der Waals surface area contributed by atoms with Crippen LogP contribution in [0, 0.1) is 10.1 Å². The van der Waals surface area contributed by atoms with Crippen molar-refractivity contribution in [2.24, 2.45) is 0 Å². The van der Waals surface area contributed by atoms with Gasteiger partial charge < -0.3 is 23.9 Å². The van der Waals surface area contributed by atoms with E-state index in [4.69, 9.17) is 13.9 Å². The zero-order valence-corrected chi connectivity index (χ0v) is 18.3. The summed E-state index contributed by atoms with van der Waals surface area (Å²) in [7, 11) is 2.88. The molecule has 0 aliphatic carbocycles. The predicted molar refractivity (Wildman–Crippen MR) is 119 cm³/mol. The number of likely N-dealkylation sites (tertiary alicyclic amines) is 1. The molecule has 1 saturated heterocycles. The largest absolute Gasteiger partial charge is 0.507 e. The summed E-state index contributed by atoms with van der Waals surface area (Å²) in [4.78, 5) is 38.1. The van der Waals surface area contributed by atoms with Crippen molar-refractivity contribution in [2.75, 3.05) is 14.2 Å². The van der Waals surface area contributed by atoms with Gasteiger partial charge in [-0.25, -0.2) is 0 Å². The number of furan rings is 1. The lowest BCUT2D eigenvalue weighted by Gasteiger charge is -2.24. The molecule has 1 aromatic heterocycles. The average molecular weight is 464 g/mol. The number of aliphatic hydroxyl groups excluding tert-OH is 1. The van der Waals surface area contributed by atoms with Crippen LogP contribution in [0.25, 0.3) is 5.76 Å². The summed E-state index contributed by atoms with van der Waals surface area (Å²) < 4.78 is 15.8. The number of hydrogen-bond acceptors (Lipinski definition) is 8. The fraction of sp³-hybridized carbons (Fsp3) is 0.167. The van der Waals surface area contributed by atoms with Crippen LogP contribution in [0.3, 0.4) is 0 Å². The molecule has 1 unspecified atom stereocenters. The number of carbonyl (C=O) groups excluding carboxylic acids is 2. The molecule has 1 atom stereocenters. The van der Waals surface area contributed by atoms with E-state index >= 15 is 0 Å². The standard InChI is InChI=1S/C24H20N2O8/c1-32-18-9-8-15(12-19(18)33-2)22(27)20-21(14-5-3-6-16(11-14)26(30)31)25(24(29)23(20)28)13-17-7-4-10-34-17/h3-12,21,27H,13H2,1-2H3/b22-20-. The highest BCUT2D eigenvalue weighted by molar-refractivity contribution is 6.46. The fourth-order valence-electron chi connectivity index (χ4n) is 3.91. The van der Waals surface area contributed by atoms with Gasteiger partial charge in [-0.1, -0.05) is 12.1 Å². The summed E-state index contributed by atoms with van der Waals surface area (Å²) in [5, 5.41) is 22.5. The number of non-ortho nitro benzene ring substituents is 1.